The van der Waals surface area contributed by atoms with Gasteiger partial charge in [-0.1, -0.05) is 60.7 Å². The van der Waals surface area contributed by atoms with Crippen LogP contribution in [0.15, 0.2) is 60.7 Å². The van der Waals surface area contributed by atoms with Gasteiger partial charge in [-0.3, -0.25) is 0 Å². The zero-order valence-electron chi connectivity index (χ0n) is 14.0. The van der Waals surface area contributed by atoms with Crippen molar-refractivity contribution in [2.24, 2.45) is 0 Å². The summed E-state index contributed by atoms with van der Waals surface area (Å²) in [6.45, 7) is 4.94. The molecule has 0 aliphatic carbocycles. The maximum Gasteiger partial charge on any atom is 0.132 e. The molecule has 0 saturated heterocycles. The molecule has 0 aromatic heterocycles. The van der Waals surface area contributed by atoms with E-state index in [1.54, 1.807) is 6.92 Å². The summed E-state index contributed by atoms with van der Waals surface area (Å²) in [6.07, 6.45) is 0.425. The van der Waals surface area contributed by atoms with Gasteiger partial charge in [0.15, 0.2) is 0 Å². The van der Waals surface area contributed by atoms with E-state index in [-0.39, 0.29) is 12.6 Å². The second-order valence-electron chi connectivity index (χ2n) is 6.36. The average Bonchev–Trinajstić information content (AvgIpc) is 2.54. The monoisotopic (exact) mass is 315 g/mol. The highest BCUT2D eigenvalue weighted by atomic mass is 19.1. The summed E-state index contributed by atoms with van der Waals surface area (Å²) in [5.74, 6) is 0. The highest BCUT2D eigenvalue weighted by Gasteiger charge is 2.26. The van der Waals surface area contributed by atoms with Crippen LogP contribution in [0.25, 0.3) is 0 Å². The molecule has 0 amide bonds. The molecule has 3 heteroatoms. The lowest BCUT2D eigenvalue weighted by Gasteiger charge is -2.25. The van der Waals surface area contributed by atoms with E-state index in [9.17, 15) is 4.39 Å². The fraction of sp³-hybridized carbons (Fsp3) is 0.400. The number of hydrogen-bond acceptors (Lipinski definition) is 2. The molecule has 124 valence electrons. The van der Waals surface area contributed by atoms with Gasteiger partial charge in [0.2, 0.25) is 0 Å². The third-order valence-corrected chi connectivity index (χ3v) is 3.74. The van der Waals surface area contributed by atoms with Crippen molar-refractivity contribution in [1.29, 1.82) is 0 Å². The van der Waals surface area contributed by atoms with Gasteiger partial charge in [0.1, 0.15) is 5.67 Å². The first-order valence-corrected chi connectivity index (χ1v) is 8.13. The van der Waals surface area contributed by atoms with Crippen molar-refractivity contribution >= 4 is 0 Å². The molecular weight excluding hydrogens is 289 g/mol. The second kappa shape index (κ2) is 8.80. The molecule has 1 N–H and O–H groups in total. The Kier molecular flexibility index (Phi) is 6.75. The lowest BCUT2D eigenvalue weighted by molar-refractivity contribution is 0.00788. The molecule has 0 spiro atoms. The zero-order chi connectivity index (χ0) is 16.5. The van der Waals surface area contributed by atoms with E-state index in [1.807, 2.05) is 55.5 Å². The normalized spacial score (nSPS) is 15.1. The summed E-state index contributed by atoms with van der Waals surface area (Å²) in [7, 11) is 0. The van der Waals surface area contributed by atoms with Crippen LogP contribution in [-0.4, -0.2) is 18.3 Å². The Bertz CT molecular complexity index is 556. The molecule has 0 radical (unpaired) electrons. The maximum atomic E-state index is 14.6. The lowest BCUT2D eigenvalue weighted by Crippen LogP contribution is -2.36. The minimum absolute atomic E-state index is 0.0885. The van der Waals surface area contributed by atoms with E-state index in [1.165, 1.54) is 5.56 Å². The summed E-state index contributed by atoms with van der Waals surface area (Å²) in [5.41, 5.74) is 0.941. The van der Waals surface area contributed by atoms with Gasteiger partial charge < -0.3 is 10.1 Å². The first kappa shape index (κ1) is 17.6. The van der Waals surface area contributed by atoms with Gasteiger partial charge in [-0.2, -0.15) is 0 Å². The van der Waals surface area contributed by atoms with Crippen LogP contribution in [0.2, 0.25) is 0 Å². The lowest BCUT2D eigenvalue weighted by atomic mass is 10.0. The van der Waals surface area contributed by atoms with Gasteiger partial charge in [0.25, 0.3) is 0 Å². The third kappa shape index (κ3) is 6.93. The van der Waals surface area contributed by atoms with Crippen LogP contribution in [0.5, 0.6) is 0 Å². The van der Waals surface area contributed by atoms with E-state index in [4.69, 9.17) is 4.74 Å². The van der Waals surface area contributed by atoms with Crippen LogP contribution in [-0.2, 0) is 17.9 Å². The number of rotatable bonds is 9. The molecule has 0 aliphatic heterocycles. The fourth-order valence-corrected chi connectivity index (χ4v) is 2.61. The molecule has 0 saturated carbocycles. The fourth-order valence-electron chi connectivity index (χ4n) is 2.61. The molecule has 2 atom stereocenters. The van der Waals surface area contributed by atoms with Gasteiger partial charge in [-0.15, -0.1) is 0 Å². The largest absolute Gasteiger partial charge is 0.373 e. The van der Waals surface area contributed by atoms with E-state index in [2.05, 4.69) is 17.4 Å². The number of ether oxygens (including phenoxy) is 1. The molecule has 2 rings (SSSR count). The van der Waals surface area contributed by atoms with Crippen LogP contribution >= 0.6 is 0 Å². The number of nitrogens with one attached hydrogen (secondary N) is 1. The SMILES string of the molecule is CC(CC(C)(F)COCc1ccccc1)NCc1ccccc1. The Balaban J connectivity index is 1.69. The van der Waals surface area contributed by atoms with Gasteiger partial charge >= 0.3 is 0 Å². The smallest absolute Gasteiger partial charge is 0.132 e. The topological polar surface area (TPSA) is 21.3 Å². The first-order chi connectivity index (χ1) is 11.1. The molecule has 0 fully saturated rings. The van der Waals surface area contributed by atoms with E-state index < -0.39 is 5.67 Å². The minimum atomic E-state index is -1.34. The highest BCUT2D eigenvalue weighted by molar-refractivity contribution is 5.14. The molecule has 2 unspecified atom stereocenters. The van der Waals surface area contributed by atoms with Gasteiger partial charge in [0, 0.05) is 12.6 Å². The van der Waals surface area contributed by atoms with Crippen LogP contribution in [0.3, 0.4) is 0 Å². The van der Waals surface area contributed by atoms with Crippen molar-refractivity contribution in [3.8, 4) is 0 Å². The highest BCUT2D eigenvalue weighted by Crippen LogP contribution is 2.19. The third-order valence-electron chi connectivity index (χ3n) is 3.74. The summed E-state index contributed by atoms with van der Waals surface area (Å²) in [5, 5.41) is 3.37. The first-order valence-electron chi connectivity index (χ1n) is 8.13. The van der Waals surface area contributed by atoms with Crippen molar-refractivity contribution in [2.75, 3.05) is 6.61 Å². The number of halogens is 1. The summed E-state index contributed by atoms with van der Waals surface area (Å²) in [4.78, 5) is 0. The quantitative estimate of drug-likeness (QED) is 0.735. The predicted molar refractivity (Wildman–Crippen MR) is 93.0 cm³/mol. The Morgan fingerprint density at radius 1 is 1.00 bits per heavy atom. The van der Waals surface area contributed by atoms with Gasteiger partial charge in [-0.05, 0) is 31.4 Å². The van der Waals surface area contributed by atoms with Gasteiger partial charge in [-0.25, -0.2) is 4.39 Å². The minimum Gasteiger partial charge on any atom is -0.373 e. The standard InChI is InChI=1S/C20H26FNO/c1-17(22-14-18-9-5-3-6-10-18)13-20(2,21)16-23-15-19-11-7-4-8-12-19/h3-12,17,22H,13-16H2,1-2H3. The zero-order valence-corrected chi connectivity index (χ0v) is 14.0. The van der Waals surface area contributed by atoms with E-state index >= 15 is 0 Å². The molecule has 0 aliphatic rings. The van der Waals surface area contributed by atoms with E-state index in [0.717, 1.165) is 12.1 Å². The van der Waals surface area contributed by atoms with Crippen LogP contribution < -0.4 is 5.32 Å². The molecule has 2 aromatic rings. The van der Waals surface area contributed by atoms with Crippen LogP contribution in [0.1, 0.15) is 31.4 Å². The van der Waals surface area contributed by atoms with Crippen LogP contribution in [0, 0.1) is 0 Å². The Hall–Kier alpha value is -1.71. The Labute approximate surface area is 138 Å². The van der Waals surface area contributed by atoms with Crippen molar-refractivity contribution in [2.45, 2.75) is 45.1 Å². The Morgan fingerprint density at radius 2 is 1.57 bits per heavy atom. The summed E-state index contributed by atoms with van der Waals surface area (Å²) < 4.78 is 20.1. The molecule has 23 heavy (non-hydrogen) atoms. The second-order valence-corrected chi connectivity index (χ2v) is 6.36. The molecule has 2 nitrogen and oxygen atoms in total. The average molecular weight is 315 g/mol. The molecule has 0 heterocycles. The van der Waals surface area contributed by atoms with E-state index in [0.29, 0.717) is 13.0 Å². The molecule has 2 aromatic carbocycles. The Morgan fingerprint density at radius 3 is 2.17 bits per heavy atom. The van der Waals surface area contributed by atoms with Crippen LogP contribution in [0.4, 0.5) is 4.39 Å². The van der Waals surface area contributed by atoms with Crippen molar-refractivity contribution in [1.82, 2.24) is 5.32 Å². The molecular formula is C20H26FNO. The van der Waals surface area contributed by atoms with Crippen molar-refractivity contribution in [3.63, 3.8) is 0 Å². The van der Waals surface area contributed by atoms with Crippen molar-refractivity contribution in [3.05, 3.63) is 71.8 Å². The summed E-state index contributed by atoms with van der Waals surface area (Å²) in [6, 6.07) is 20.1. The number of hydrogen-bond donors (Lipinski definition) is 1. The number of benzene rings is 2. The maximum absolute atomic E-state index is 14.6. The molecule has 0 bridgehead atoms. The number of alkyl halides is 1. The predicted octanol–water partition coefficient (Wildman–Crippen LogP) is 4.50. The van der Waals surface area contributed by atoms with Gasteiger partial charge in [0.05, 0.1) is 13.2 Å². The van der Waals surface area contributed by atoms with Crippen molar-refractivity contribution < 1.29 is 9.13 Å². The summed E-state index contributed by atoms with van der Waals surface area (Å²) >= 11 is 0.